The molecule has 7 atom stereocenters. The number of aliphatic hydroxyl groups is 1. The summed E-state index contributed by atoms with van der Waals surface area (Å²) in [6.45, 7) is 10.8. The summed E-state index contributed by atoms with van der Waals surface area (Å²) in [5.41, 5.74) is 0.783. The Balaban J connectivity index is 1.47. The molecule has 3 unspecified atom stereocenters. The molecule has 5 heteroatoms. The lowest BCUT2D eigenvalue weighted by Gasteiger charge is -2.75. The van der Waals surface area contributed by atoms with Crippen LogP contribution in [0.25, 0.3) is 0 Å². The monoisotopic (exact) mass is 467 g/mol. The Morgan fingerprint density at radius 3 is 2.59 bits per heavy atom. The summed E-state index contributed by atoms with van der Waals surface area (Å²) in [6, 6.07) is 4.46. The number of hydrogen-bond acceptors (Lipinski definition) is 5. The highest BCUT2D eigenvalue weighted by Gasteiger charge is 2.82. The first-order valence-corrected chi connectivity index (χ1v) is 13.6. The van der Waals surface area contributed by atoms with Crippen LogP contribution in [0.2, 0.25) is 0 Å². The van der Waals surface area contributed by atoms with E-state index < -0.39 is 11.2 Å². The van der Waals surface area contributed by atoms with Crippen LogP contribution in [0.3, 0.4) is 0 Å². The maximum absolute atomic E-state index is 12.2. The number of nitrogens with zero attached hydrogens (tertiary/aromatic N) is 1. The van der Waals surface area contributed by atoms with Gasteiger partial charge in [0.25, 0.3) is 0 Å². The molecule has 0 amide bonds. The SMILES string of the molecule is CO[C@]12CC[C@@]3(C[C@@H]1C(C)(O)C(C)(C)C)C1Cc4ccc(O)c5c4C3(CCN1CC1CC1)[C@H]2O5. The second-order valence-electron chi connectivity index (χ2n) is 13.8. The number of ether oxygens (including phenoxy) is 2. The minimum Gasteiger partial charge on any atom is -0.504 e. The summed E-state index contributed by atoms with van der Waals surface area (Å²) in [4.78, 5) is 2.82. The zero-order chi connectivity index (χ0) is 23.9. The van der Waals surface area contributed by atoms with Crippen molar-refractivity contribution in [3.8, 4) is 11.5 Å². The lowest BCUT2D eigenvalue weighted by atomic mass is 9.33. The minimum atomic E-state index is -0.909. The molecule has 0 aromatic heterocycles. The number of piperidine rings is 1. The van der Waals surface area contributed by atoms with Crippen LogP contribution >= 0.6 is 0 Å². The average Bonchev–Trinajstić information content (AvgIpc) is 3.53. The van der Waals surface area contributed by atoms with Crippen molar-refractivity contribution in [2.24, 2.45) is 22.7 Å². The van der Waals surface area contributed by atoms with Crippen LogP contribution in [0.1, 0.15) is 77.3 Å². The van der Waals surface area contributed by atoms with Crippen molar-refractivity contribution < 1.29 is 19.7 Å². The summed E-state index contributed by atoms with van der Waals surface area (Å²) in [7, 11) is 1.83. The Hall–Kier alpha value is -1.30. The van der Waals surface area contributed by atoms with Gasteiger partial charge < -0.3 is 19.7 Å². The van der Waals surface area contributed by atoms with E-state index in [1.54, 1.807) is 0 Å². The second-order valence-corrected chi connectivity index (χ2v) is 13.8. The maximum Gasteiger partial charge on any atom is 0.165 e. The van der Waals surface area contributed by atoms with Gasteiger partial charge >= 0.3 is 0 Å². The van der Waals surface area contributed by atoms with E-state index >= 15 is 0 Å². The highest BCUT2D eigenvalue weighted by atomic mass is 16.6. The quantitative estimate of drug-likeness (QED) is 0.687. The third kappa shape index (κ3) is 2.25. The first-order valence-electron chi connectivity index (χ1n) is 13.6. The maximum atomic E-state index is 12.2. The molecule has 5 aliphatic carbocycles. The molecular formula is C29H41NO4. The molecule has 2 heterocycles. The van der Waals surface area contributed by atoms with Crippen molar-refractivity contribution in [3.63, 3.8) is 0 Å². The highest BCUT2D eigenvalue weighted by Crippen LogP contribution is 2.78. The van der Waals surface area contributed by atoms with E-state index in [1.807, 2.05) is 20.1 Å². The number of methoxy groups -OCH3 is 1. The number of benzene rings is 1. The summed E-state index contributed by atoms with van der Waals surface area (Å²) in [5, 5.41) is 23.2. The van der Waals surface area contributed by atoms with Gasteiger partial charge in [-0.2, -0.15) is 0 Å². The highest BCUT2D eigenvalue weighted by molar-refractivity contribution is 5.63. The van der Waals surface area contributed by atoms with E-state index in [2.05, 4.69) is 31.7 Å². The fraction of sp³-hybridized carbons (Fsp3) is 0.793. The molecule has 0 radical (unpaired) electrons. The molecule has 4 saturated carbocycles. The zero-order valence-electron chi connectivity index (χ0n) is 21.5. The summed E-state index contributed by atoms with van der Waals surface area (Å²) < 4.78 is 13.5. The first kappa shape index (κ1) is 21.9. The smallest absolute Gasteiger partial charge is 0.165 e. The number of phenolic OH excluding ortho intramolecular Hbond substituents is 1. The van der Waals surface area contributed by atoms with Gasteiger partial charge in [0.2, 0.25) is 0 Å². The Kier molecular flexibility index (Phi) is 4.08. The predicted molar refractivity (Wildman–Crippen MR) is 130 cm³/mol. The molecule has 186 valence electrons. The van der Waals surface area contributed by atoms with Gasteiger partial charge in [-0.15, -0.1) is 0 Å². The van der Waals surface area contributed by atoms with E-state index in [-0.39, 0.29) is 34.0 Å². The van der Waals surface area contributed by atoms with Gasteiger partial charge in [0, 0.05) is 42.0 Å². The topological polar surface area (TPSA) is 62.2 Å². The molecule has 1 aromatic carbocycles. The Bertz CT molecular complexity index is 1060. The number of aromatic hydroxyl groups is 1. The molecule has 1 saturated heterocycles. The van der Waals surface area contributed by atoms with E-state index in [4.69, 9.17) is 9.47 Å². The number of rotatable bonds is 4. The second kappa shape index (κ2) is 6.33. The molecule has 4 bridgehead atoms. The van der Waals surface area contributed by atoms with Crippen molar-refractivity contribution in [2.75, 3.05) is 20.2 Å². The summed E-state index contributed by atoms with van der Waals surface area (Å²) in [6.07, 6.45) is 7.64. The summed E-state index contributed by atoms with van der Waals surface area (Å²) in [5.74, 6) is 1.80. The first-order chi connectivity index (χ1) is 16.0. The fourth-order valence-corrected chi connectivity index (χ4v) is 9.58. The van der Waals surface area contributed by atoms with E-state index in [0.717, 1.165) is 44.6 Å². The molecule has 7 aliphatic rings. The van der Waals surface area contributed by atoms with Crippen LogP contribution in [-0.2, 0) is 16.6 Å². The molecule has 34 heavy (non-hydrogen) atoms. The number of fused-ring (bicyclic) bond motifs is 2. The van der Waals surface area contributed by atoms with E-state index in [0.29, 0.717) is 11.8 Å². The number of hydrogen-bond donors (Lipinski definition) is 2. The van der Waals surface area contributed by atoms with Crippen LogP contribution in [0.5, 0.6) is 11.5 Å². The fourth-order valence-electron chi connectivity index (χ4n) is 9.58. The summed E-state index contributed by atoms with van der Waals surface area (Å²) >= 11 is 0. The van der Waals surface area contributed by atoms with Gasteiger partial charge in [0.05, 0.1) is 5.60 Å². The van der Waals surface area contributed by atoms with Crippen LogP contribution in [-0.4, -0.2) is 58.7 Å². The largest absolute Gasteiger partial charge is 0.504 e. The molecule has 8 rings (SSSR count). The Labute approximate surface area is 203 Å². The standard InChI is InChI=1S/C29H41NO4/c1-25(2,3)26(4,32)20-15-27-10-11-29(20,33-5)24-28(27)12-13-30(16-17-6-7-17)21(27)14-18-8-9-19(31)23(34-24)22(18)28/h8-9,17,20-21,24,31-32H,6-7,10-16H2,1-5H3/t20-,21?,24-,26?,27-,28?,29-/m1/s1. The third-order valence-corrected chi connectivity index (χ3v) is 11.9. The average molecular weight is 468 g/mol. The van der Waals surface area contributed by atoms with Crippen molar-refractivity contribution >= 4 is 0 Å². The third-order valence-electron chi connectivity index (χ3n) is 11.9. The van der Waals surface area contributed by atoms with Crippen LogP contribution in [0, 0.1) is 22.7 Å². The lowest BCUT2D eigenvalue weighted by molar-refractivity contribution is -0.312. The van der Waals surface area contributed by atoms with Crippen molar-refractivity contribution in [1.29, 1.82) is 0 Å². The van der Waals surface area contributed by atoms with Crippen molar-refractivity contribution in [1.82, 2.24) is 4.90 Å². The molecule has 2 aliphatic heterocycles. The van der Waals surface area contributed by atoms with E-state index in [9.17, 15) is 10.2 Å². The van der Waals surface area contributed by atoms with Gasteiger partial charge in [-0.25, -0.2) is 0 Å². The van der Waals surface area contributed by atoms with Crippen molar-refractivity contribution in [2.45, 2.75) is 101 Å². The van der Waals surface area contributed by atoms with Gasteiger partial charge in [-0.05, 0) is 81.4 Å². The number of phenols is 1. The molecule has 5 nitrogen and oxygen atoms in total. The number of likely N-dealkylation sites (tertiary alicyclic amines) is 1. The molecule has 2 N–H and O–H groups in total. The molecule has 5 fully saturated rings. The predicted octanol–water partition coefficient (Wildman–Crippen LogP) is 4.41. The van der Waals surface area contributed by atoms with Crippen LogP contribution in [0.15, 0.2) is 12.1 Å². The van der Waals surface area contributed by atoms with Crippen LogP contribution in [0.4, 0.5) is 0 Å². The van der Waals surface area contributed by atoms with Crippen LogP contribution < -0.4 is 4.74 Å². The van der Waals surface area contributed by atoms with Gasteiger partial charge in [-0.1, -0.05) is 26.8 Å². The van der Waals surface area contributed by atoms with E-state index in [1.165, 1.54) is 30.5 Å². The van der Waals surface area contributed by atoms with Gasteiger partial charge in [0.1, 0.15) is 11.7 Å². The Morgan fingerprint density at radius 2 is 1.91 bits per heavy atom. The van der Waals surface area contributed by atoms with Gasteiger partial charge in [-0.3, -0.25) is 4.90 Å². The molecule has 2 spiro atoms. The lowest BCUT2D eigenvalue weighted by Crippen LogP contribution is -2.83. The Morgan fingerprint density at radius 1 is 1.15 bits per heavy atom. The van der Waals surface area contributed by atoms with Crippen molar-refractivity contribution in [3.05, 3.63) is 23.3 Å². The molecule has 1 aromatic rings. The molecular weight excluding hydrogens is 426 g/mol. The normalized spacial score (nSPS) is 43.9. The zero-order valence-corrected chi connectivity index (χ0v) is 21.5. The van der Waals surface area contributed by atoms with Gasteiger partial charge in [0.15, 0.2) is 11.5 Å². The minimum absolute atomic E-state index is 0.0294.